The zero-order valence-corrected chi connectivity index (χ0v) is 19.5. The lowest BCUT2D eigenvalue weighted by Gasteiger charge is -2.40. The highest BCUT2D eigenvalue weighted by Crippen LogP contribution is 2.40. The number of carbonyl (C=O) groups excluding carboxylic acids is 2. The number of ether oxygens (including phenoxy) is 1. The van der Waals surface area contributed by atoms with Gasteiger partial charge in [-0.15, -0.1) is 0 Å². The number of hydrogen-bond acceptors (Lipinski definition) is 6. The van der Waals surface area contributed by atoms with E-state index in [4.69, 9.17) is 16.3 Å². The molecule has 0 radical (unpaired) electrons. The van der Waals surface area contributed by atoms with E-state index in [1.54, 1.807) is 43.0 Å². The lowest BCUT2D eigenvalue weighted by atomic mass is 9.94. The van der Waals surface area contributed by atoms with Crippen molar-refractivity contribution in [2.24, 2.45) is 4.99 Å². The minimum atomic E-state index is -0.357. The minimum absolute atomic E-state index is 0.226. The summed E-state index contributed by atoms with van der Waals surface area (Å²) in [6.45, 7) is 4.74. The summed E-state index contributed by atoms with van der Waals surface area (Å²) >= 11 is 7.62. The molecule has 166 valence electrons. The Kier molecular flexibility index (Phi) is 6.86. The van der Waals surface area contributed by atoms with Gasteiger partial charge in [-0.1, -0.05) is 35.5 Å². The molecule has 2 aliphatic rings. The van der Waals surface area contributed by atoms with Crippen molar-refractivity contribution in [2.75, 3.05) is 24.2 Å². The standard InChI is InChI=1S/C24H24ClN3O3S/c1-3-31-23(30)20-15(2)26-24-28(12-5-13-32-24)21(20)17-6-4-7-19(14-17)27-22(29)16-8-10-18(25)11-9-16/h4,6-11,14,21H,3,5,12-13H2,1-2H3,(H,27,29). The molecule has 2 aromatic carbocycles. The van der Waals surface area contributed by atoms with E-state index >= 15 is 0 Å². The lowest BCUT2D eigenvalue weighted by Crippen LogP contribution is -2.42. The molecule has 1 atom stereocenters. The van der Waals surface area contributed by atoms with E-state index in [9.17, 15) is 9.59 Å². The largest absolute Gasteiger partial charge is 0.463 e. The Morgan fingerprint density at radius 3 is 2.78 bits per heavy atom. The van der Waals surface area contributed by atoms with E-state index in [1.165, 1.54) is 0 Å². The van der Waals surface area contributed by atoms with Gasteiger partial charge in [0.25, 0.3) is 5.91 Å². The molecular weight excluding hydrogens is 446 g/mol. The maximum Gasteiger partial charge on any atom is 0.338 e. The van der Waals surface area contributed by atoms with Crippen LogP contribution in [0.1, 0.15) is 42.2 Å². The summed E-state index contributed by atoms with van der Waals surface area (Å²) in [4.78, 5) is 32.4. The molecule has 0 spiro atoms. The second-order valence-electron chi connectivity index (χ2n) is 7.50. The van der Waals surface area contributed by atoms with Crippen LogP contribution in [0.15, 0.2) is 64.8 Å². The fraction of sp³-hybridized carbons (Fsp3) is 0.292. The average Bonchev–Trinajstić information content (AvgIpc) is 2.79. The van der Waals surface area contributed by atoms with Gasteiger partial charge < -0.3 is 15.0 Å². The summed E-state index contributed by atoms with van der Waals surface area (Å²) in [5, 5.41) is 4.44. The second kappa shape index (κ2) is 9.79. The number of thioether (sulfide) groups is 1. The number of aliphatic imine (C=N–C) groups is 1. The topological polar surface area (TPSA) is 71.0 Å². The van der Waals surface area contributed by atoms with Crippen molar-refractivity contribution in [3.05, 3.63) is 76.0 Å². The number of benzene rings is 2. The van der Waals surface area contributed by atoms with Crippen molar-refractivity contribution in [2.45, 2.75) is 26.3 Å². The van der Waals surface area contributed by atoms with Crippen molar-refractivity contribution < 1.29 is 14.3 Å². The maximum absolute atomic E-state index is 12.9. The molecule has 1 amide bonds. The molecule has 2 aliphatic heterocycles. The predicted molar refractivity (Wildman–Crippen MR) is 129 cm³/mol. The van der Waals surface area contributed by atoms with Crippen molar-refractivity contribution in [3.8, 4) is 0 Å². The van der Waals surface area contributed by atoms with Gasteiger partial charge >= 0.3 is 5.97 Å². The maximum atomic E-state index is 12.9. The molecule has 1 unspecified atom stereocenters. The van der Waals surface area contributed by atoms with Crippen molar-refractivity contribution >= 4 is 46.1 Å². The zero-order valence-electron chi connectivity index (χ0n) is 17.9. The number of rotatable bonds is 5. The van der Waals surface area contributed by atoms with E-state index in [0.717, 1.165) is 29.4 Å². The van der Waals surface area contributed by atoms with Crippen molar-refractivity contribution in [1.29, 1.82) is 0 Å². The lowest BCUT2D eigenvalue weighted by molar-refractivity contribution is -0.139. The number of amides is 1. The Balaban J connectivity index is 1.67. The van der Waals surface area contributed by atoms with E-state index < -0.39 is 0 Å². The molecule has 2 heterocycles. The van der Waals surface area contributed by atoms with Gasteiger partial charge in [0.05, 0.1) is 23.9 Å². The molecule has 0 aromatic heterocycles. The zero-order chi connectivity index (χ0) is 22.7. The van der Waals surface area contributed by atoms with Gasteiger partial charge in [-0.05, 0) is 62.2 Å². The number of carbonyl (C=O) groups is 2. The molecule has 1 N–H and O–H groups in total. The van der Waals surface area contributed by atoms with Gasteiger partial charge in [0.2, 0.25) is 0 Å². The van der Waals surface area contributed by atoms with Gasteiger partial charge in [0, 0.05) is 28.6 Å². The summed E-state index contributed by atoms with van der Waals surface area (Å²) in [5.74, 6) is 0.418. The van der Waals surface area contributed by atoms with Gasteiger partial charge in [-0.2, -0.15) is 0 Å². The Morgan fingerprint density at radius 2 is 2.03 bits per heavy atom. The molecule has 32 heavy (non-hydrogen) atoms. The van der Waals surface area contributed by atoms with Crippen LogP contribution in [-0.4, -0.2) is 40.8 Å². The molecule has 0 bridgehead atoms. The number of nitrogens with one attached hydrogen (secondary N) is 1. The Bertz CT molecular complexity index is 1100. The number of amidine groups is 1. The van der Waals surface area contributed by atoms with Crippen LogP contribution in [-0.2, 0) is 9.53 Å². The molecular formula is C24H24ClN3O3S. The monoisotopic (exact) mass is 469 g/mol. The fourth-order valence-corrected chi connectivity index (χ4v) is 5.02. The quantitative estimate of drug-likeness (QED) is 0.603. The number of anilines is 1. The third-order valence-electron chi connectivity index (χ3n) is 5.32. The number of nitrogens with zero attached hydrogens (tertiary/aromatic N) is 2. The third kappa shape index (κ3) is 4.69. The molecule has 0 aliphatic carbocycles. The highest BCUT2D eigenvalue weighted by atomic mass is 35.5. The highest BCUT2D eigenvalue weighted by Gasteiger charge is 2.37. The summed E-state index contributed by atoms with van der Waals surface area (Å²) in [6.07, 6.45) is 1.00. The van der Waals surface area contributed by atoms with Crippen LogP contribution in [0.2, 0.25) is 5.02 Å². The first-order chi connectivity index (χ1) is 15.5. The normalized spacial score (nSPS) is 18.0. The first-order valence-corrected chi connectivity index (χ1v) is 11.9. The number of halogens is 1. The van der Waals surface area contributed by atoms with Gasteiger partial charge in [0.15, 0.2) is 5.17 Å². The van der Waals surface area contributed by atoms with Crippen LogP contribution in [0, 0.1) is 0 Å². The first kappa shape index (κ1) is 22.4. The fourth-order valence-electron chi connectivity index (χ4n) is 3.88. The van der Waals surface area contributed by atoms with E-state index in [2.05, 4.69) is 15.2 Å². The Morgan fingerprint density at radius 1 is 1.25 bits per heavy atom. The third-order valence-corrected chi connectivity index (χ3v) is 6.65. The smallest absolute Gasteiger partial charge is 0.338 e. The van der Waals surface area contributed by atoms with Gasteiger partial charge in [-0.3, -0.25) is 4.79 Å². The molecule has 0 saturated carbocycles. The summed E-state index contributed by atoms with van der Waals surface area (Å²) in [5.41, 5.74) is 3.28. The molecule has 1 fully saturated rings. The molecule has 6 nitrogen and oxygen atoms in total. The SMILES string of the molecule is CCOC(=O)C1=C(C)N=C2SCCCN2C1c1cccc(NC(=O)c2ccc(Cl)cc2)c1. The van der Waals surface area contributed by atoms with Crippen LogP contribution in [0.3, 0.4) is 0 Å². The first-order valence-electron chi connectivity index (χ1n) is 10.5. The van der Waals surface area contributed by atoms with Crippen LogP contribution < -0.4 is 5.32 Å². The van der Waals surface area contributed by atoms with Gasteiger partial charge in [-0.25, -0.2) is 9.79 Å². The van der Waals surface area contributed by atoms with E-state index in [0.29, 0.717) is 34.2 Å². The number of allylic oxidation sites excluding steroid dienone is 1. The predicted octanol–water partition coefficient (Wildman–Crippen LogP) is 5.28. The summed E-state index contributed by atoms with van der Waals surface area (Å²) in [6, 6.07) is 14.0. The number of esters is 1. The summed E-state index contributed by atoms with van der Waals surface area (Å²) in [7, 11) is 0. The second-order valence-corrected chi connectivity index (χ2v) is 9.00. The van der Waals surface area contributed by atoms with Crippen molar-refractivity contribution in [1.82, 2.24) is 4.90 Å². The summed E-state index contributed by atoms with van der Waals surface area (Å²) < 4.78 is 5.37. The molecule has 8 heteroatoms. The Labute approximate surface area is 196 Å². The van der Waals surface area contributed by atoms with Crippen LogP contribution in [0.4, 0.5) is 5.69 Å². The minimum Gasteiger partial charge on any atom is -0.463 e. The molecule has 1 saturated heterocycles. The van der Waals surface area contributed by atoms with Crippen LogP contribution >= 0.6 is 23.4 Å². The van der Waals surface area contributed by atoms with Crippen LogP contribution in [0.5, 0.6) is 0 Å². The van der Waals surface area contributed by atoms with Gasteiger partial charge in [0.1, 0.15) is 0 Å². The van der Waals surface area contributed by atoms with Crippen molar-refractivity contribution in [3.63, 3.8) is 0 Å². The number of hydrogen-bond donors (Lipinski definition) is 1. The van der Waals surface area contributed by atoms with Crippen LogP contribution in [0.25, 0.3) is 0 Å². The number of fused-ring (bicyclic) bond motifs is 1. The van der Waals surface area contributed by atoms with E-state index in [-0.39, 0.29) is 17.9 Å². The molecule has 2 aromatic rings. The van der Waals surface area contributed by atoms with E-state index in [1.807, 2.05) is 31.2 Å². The average molecular weight is 470 g/mol. The molecule has 4 rings (SSSR count). The highest BCUT2D eigenvalue weighted by molar-refractivity contribution is 8.13. The Hall–Kier alpha value is -2.77.